The number of piperidine rings is 1. The number of carbonyl (C=O) groups is 2. The fraction of sp³-hybridized carbons (Fsp3) is 0.579. The predicted molar refractivity (Wildman–Crippen MR) is 97.1 cm³/mol. The molecule has 0 spiro atoms. The molecule has 2 N–H and O–H groups in total. The number of amides is 2. The molecule has 0 saturated carbocycles. The number of benzene rings is 1. The van der Waals surface area contributed by atoms with Gasteiger partial charge in [0.05, 0.1) is 26.7 Å². The largest absolute Gasteiger partial charge is 0.496 e. The number of para-hydroxylation sites is 1. The zero-order valence-corrected chi connectivity index (χ0v) is 15.2. The van der Waals surface area contributed by atoms with Crippen LogP contribution in [0.3, 0.4) is 0 Å². The molecule has 2 heterocycles. The van der Waals surface area contributed by atoms with E-state index in [-0.39, 0.29) is 23.9 Å². The van der Waals surface area contributed by atoms with Crippen LogP contribution < -0.4 is 15.4 Å². The molecule has 7 nitrogen and oxygen atoms in total. The number of carbonyl (C=O) groups excluding carboxylic acids is 2. The third-order valence-electron chi connectivity index (χ3n) is 4.97. The highest BCUT2D eigenvalue weighted by Crippen LogP contribution is 2.20. The van der Waals surface area contributed by atoms with Crippen LogP contribution in [0, 0.1) is 0 Å². The number of ether oxygens (including phenoxy) is 2. The fourth-order valence-corrected chi connectivity index (χ4v) is 3.43. The van der Waals surface area contributed by atoms with Crippen LogP contribution >= 0.6 is 0 Å². The topological polar surface area (TPSA) is 79.9 Å². The average Bonchev–Trinajstić information content (AvgIpc) is 2.69. The first-order chi connectivity index (χ1) is 12.7. The minimum Gasteiger partial charge on any atom is -0.496 e. The van der Waals surface area contributed by atoms with E-state index in [2.05, 4.69) is 10.6 Å². The van der Waals surface area contributed by atoms with Crippen molar-refractivity contribution in [3.63, 3.8) is 0 Å². The predicted octanol–water partition coefficient (Wildman–Crippen LogP) is 0.333. The summed E-state index contributed by atoms with van der Waals surface area (Å²) in [7, 11) is 1.61. The quantitative estimate of drug-likeness (QED) is 0.790. The number of methoxy groups -OCH3 is 1. The maximum Gasteiger partial charge on any atom is 0.239 e. The third kappa shape index (κ3) is 4.74. The molecular weight excluding hydrogens is 334 g/mol. The molecule has 2 fully saturated rings. The maximum absolute atomic E-state index is 12.6. The number of hydrogen-bond donors (Lipinski definition) is 2. The highest BCUT2D eigenvalue weighted by Gasteiger charge is 2.27. The van der Waals surface area contributed by atoms with Crippen molar-refractivity contribution < 1.29 is 19.1 Å². The lowest BCUT2D eigenvalue weighted by Gasteiger charge is -2.33. The van der Waals surface area contributed by atoms with Gasteiger partial charge in [0.15, 0.2) is 0 Å². The van der Waals surface area contributed by atoms with Crippen molar-refractivity contribution in [2.75, 3.05) is 40.0 Å². The van der Waals surface area contributed by atoms with Crippen molar-refractivity contribution >= 4 is 11.8 Å². The number of nitrogens with one attached hydrogen (secondary N) is 2. The Balaban J connectivity index is 1.45. The van der Waals surface area contributed by atoms with Gasteiger partial charge in [-0.05, 0) is 18.9 Å². The van der Waals surface area contributed by atoms with Crippen LogP contribution in [0.5, 0.6) is 5.75 Å². The Bertz CT molecular complexity index is 623. The Morgan fingerprint density at radius 2 is 2.08 bits per heavy atom. The molecular formula is C19H27N3O4. The van der Waals surface area contributed by atoms with Crippen LogP contribution in [0.4, 0.5) is 0 Å². The molecule has 1 aromatic rings. The molecule has 3 rings (SSSR count). The van der Waals surface area contributed by atoms with Crippen LogP contribution in [-0.4, -0.2) is 68.8 Å². The standard InChI is InChI=1S/C19H27N3O4/c1-25-17-5-3-2-4-14(17)12-18(23)22-9-6-15(7-10-22)21-19(24)16-13-26-11-8-20-16/h2-5,15-16,20H,6-13H2,1H3,(H,21,24). The molecule has 0 bridgehead atoms. The first kappa shape index (κ1) is 18.7. The Morgan fingerprint density at radius 3 is 2.77 bits per heavy atom. The van der Waals surface area contributed by atoms with E-state index in [0.717, 1.165) is 24.2 Å². The number of rotatable bonds is 5. The second kappa shape index (κ2) is 9.00. The van der Waals surface area contributed by atoms with Gasteiger partial charge < -0.3 is 25.0 Å². The molecule has 1 atom stereocenters. The zero-order valence-electron chi connectivity index (χ0n) is 15.2. The van der Waals surface area contributed by atoms with Crippen LogP contribution in [0.25, 0.3) is 0 Å². The first-order valence-corrected chi connectivity index (χ1v) is 9.18. The van der Waals surface area contributed by atoms with Crippen LogP contribution in [0.15, 0.2) is 24.3 Å². The summed E-state index contributed by atoms with van der Waals surface area (Å²) in [6.45, 7) is 3.09. The molecule has 26 heavy (non-hydrogen) atoms. The third-order valence-corrected chi connectivity index (χ3v) is 4.97. The van der Waals surface area contributed by atoms with Gasteiger partial charge in [0, 0.05) is 31.2 Å². The van der Waals surface area contributed by atoms with Gasteiger partial charge in [0.25, 0.3) is 0 Å². The second-order valence-corrected chi connectivity index (χ2v) is 6.73. The lowest BCUT2D eigenvalue weighted by atomic mass is 10.0. The molecule has 2 saturated heterocycles. The second-order valence-electron chi connectivity index (χ2n) is 6.73. The van der Waals surface area contributed by atoms with Crippen LogP contribution in [-0.2, 0) is 20.7 Å². The van der Waals surface area contributed by atoms with Gasteiger partial charge in [0.2, 0.25) is 11.8 Å². The van der Waals surface area contributed by atoms with Crippen LogP contribution in [0.2, 0.25) is 0 Å². The van der Waals surface area contributed by atoms with Gasteiger partial charge in [-0.25, -0.2) is 0 Å². The number of morpholine rings is 1. The summed E-state index contributed by atoms with van der Waals surface area (Å²) >= 11 is 0. The van der Waals surface area contributed by atoms with Crippen molar-refractivity contribution in [3.05, 3.63) is 29.8 Å². The SMILES string of the molecule is COc1ccccc1CC(=O)N1CCC(NC(=O)C2COCCN2)CC1. The first-order valence-electron chi connectivity index (χ1n) is 9.18. The smallest absolute Gasteiger partial charge is 0.239 e. The van der Waals surface area contributed by atoms with E-state index < -0.39 is 0 Å². The molecule has 142 valence electrons. The highest BCUT2D eigenvalue weighted by atomic mass is 16.5. The van der Waals surface area contributed by atoms with E-state index in [1.807, 2.05) is 29.2 Å². The molecule has 2 aliphatic rings. The van der Waals surface area contributed by atoms with Gasteiger partial charge in [-0.3, -0.25) is 9.59 Å². The van der Waals surface area contributed by atoms with Crippen LogP contribution in [0.1, 0.15) is 18.4 Å². The maximum atomic E-state index is 12.6. The van der Waals surface area contributed by atoms with Crippen molar-refractivity contribution in [1.29, 1.82) is 0 Å². The Morgan fingerprint density at radius 1 is 1.31 bits per heavy atom. The number of likely N-dealkylation sites (tertiary alicyclic amines) is 1. The van der Waals surface area contributed by atoms with E-state index in [1.54, 1.807) is 7.11 Å². The van der Waals surface area contributed by atoms with E-state index in [4.69, 9.17) is 9.47 Å². The minimum atomic E-state index is -0.269. The summed E-state index contributed by atoms with van der Waals surface area (Å²) in [6.07, 6.45) is 1.89. The van der Waals surface area contributed by atoms with Gasteiger partial charge in [-0.15, -0.1) is 0 Å². The average molecular weight is 361 g/mol. The molecule has 1 unspecified atom stereocenters. The summed E-state index contributed by atoms with van der Waals surface area (Å²) in [6, 6.07) is 7.44. The lowest BCUT2D eigenvalue weighted by molar-refractivity contribution is -0.131. The molecule has 0 aromatic heterocycles. The molecule has 0 aliphatic carbocycles. The summed E-state index contributed by atoms with van der Waals surface area (Å²) in [5.41, 5.74) is 0.902. The summed E-state index contributed by atoms with van der Waals surface area (Å²) in [4.78, 5) is 26.7. The summed E-state index contributed by atoms with van der Waals surface area (Å²) in [5, 5.41) is 6.24. The highest BCUT2D eigenvalue weighted by molar-refractivity contribution is 5.82. The van der Waals surface area contributed by atoms with Gasteiger partial charge in [0.1, 0.15) is 11.8 Å². The number of nitrogens with zero attached hydrogens (tertiary/aromatic N) is 1. The summed E-state index contributed by atoms with van der Waals surface area (Å²) < 4.78 is 10.6. The monoisotopic (exact) mass is 361 g/mol. The van der Waals surface area contributed by atoms with E-state index >= 15 is 0 Å². The Labute approximate surface area is 154 Å². The van der Waals surface area contributed by atoms with Gasteiger partial charge in [-0.2, -0.15) is 0 Å². The van der Waals surface area contributed by atoms with Crippen molar-refractivity contribution in [3.8, 4) is 5.75 Å². The van der Waals surface area contributed by atoms with Crippen molar-refractivity contribution in [2.24, 2.45) is 0 Å². The molecule has 1 aromatic carbocycles. The van der Waals surface area contributed by atoms with Gasteiger partial charge >= 0.3 is 0 Å². The minimum absolute atomic E-state index is 0.0106. The normalized spacial score (nSPS) is 21.3. The van der Waals surface area contributed by atoms with E-state index in [0.29, 0.717) is 39.3 Å². The zero-order chi connectivity index (χ0) is 18.4. The number of hydrogen-bond acceptors (Lipinski definition) is 5. The Hall–Kier alpha value is -2.12. The van der Waals surface area contributed by atoms with E-state index in [9.17, 15) is 9.59 Å². The van der Waals surface area contributed by atoms with Crippen molar-refractivity contribution in [1.82, 2.24) is 15.5 Å². The van der Waals surface area contributed by atoms with E-state index in [1.165, 1.54) is 0 Å². The summed E-state index contributed by atoms with van der Waals surface area (Å²) in [5.74, 6) is 0.829. The molecule has 2 amide bonds. The Kier molecular flexibility index (Phi) is 6.46. The molecule has 0 radical (unpaired) electrons. The fourth-order valence-electron chi connectivity index (χ4n) is 3.43. The van der Waals surface area contributed by atoms with Crippen molar-refractivity contribution in [2.45, 2.75) is 31.3 Å². The van der Waals surface area contributed by atoms with Gasteiger partial charge in [-0.1, -0.05) is 18.2 Å². The lowest BCUT2D eigenvalue weighted by Crippen LogP contribution is -2.55. The molecule has 2 aliphatic heterocycles. The molecule has 7 heteroatoms.